The Hall–Kier alpha value is -10.1. The molecule has 5 aromatic heterocycles. The van der Waals surface area contributed by atoms with E-state index in [1.165, 1.54) is 126 Å². The standard InChI is InChI=1S/C72H47N5/c1-2-17-48(18-3-1)75-64-29-12-6-23-55(64)58-43-44-68-69(70(58)75)61-26-9-15-32-67(61)73(68)49-37-33-46(34-38-49)47-35-39-50(40-36-47)76-65-30-13-7-24-56(65)59-41-42-60-57-25-8-14-31-66(57)77(72(60)71(59)76)52-20-16-19-51(45-52)74-62-27-10-4-21-53(62)54-22-5-11-28-63(54)74/h1-33,35-46H,34H2. The summed E-state index contributed by atoms with van der Waals surface area (Å²) >= 11 is 0. The Morgan fingerprint density at radius 1 is 0.273 bits per heavy atom. The van der Waals surface area contributed by atoms with Crippen molar-refractivity contribution in [2.75, 3.05) is 0 Å². The normalized spacial score (nSPS) is 14.1. The average Bonchev–Trinajstić information content (AvgIpc) is 4.47. The van der Waals surface area contributed by atoms with Crippen LogP contribution in [0.15, 0.2) is 267 Å². The van der Waals surface area contributed by atoms with Gasteiger partial charge in [-0.15, -0.1) is 0 Å². The first-order valence-corrected chi connectivity index (χ1v) is 26.8. The van der Waals surface area contributed by atoms with Crippen molar-refractivity contribution in [3.05, 3.63) is 273 Å². The van der Waals surface area contributed by atoms with E-state index < -0.39 is 0 Å². The molecule has 1 aliphatic carbocycles. The third-order valence-corrected chi connectivity index (χ3v) is 16.8. The number of rotatable bonds is 6. The lowest BCUT2D eigenvalue weighted by Crippen LogP contribution is -2.03. The van der Waals surface area contributed by atoms with Crippen LogP contribution in [-0.2, 0) is 0 Å². The van der Waals surface area contributed by atoms with Crippen LogP contribution in [0.3, 0.4) is 0 Å². The van der Waals surface area contributed by atoms with E-state index in [2.05, 4.69) is 290 Å². The zero-order valence-corrected chi connectivity index (χ0v) is 41.9. The molecule has 1 aliphatic rings. The fourth-order valence-corrected chi connectivity index (χ4v) is 13.5. The van der Waals surface area contributed by atoms with Crippen molar-refractivity contribution in [1.29, 1.82) is 0 Å². The minimum absolute atomic E-state index is 0.238. The van der Waals surface area contributed by atoms with Crippen LogP contribution in [0, 0.1) is 0 Å². The number of fused-ring (bicyclic) bond motifs is 17. The van der Waals surface area contributed by atoms with Gasteiger partial charge in [-0.05, 0) is 103 Å². The van der Waals surface area contributed by atoms with Crippen LogP contribution in [0.4, 0.5) is 0 Å². The molecule has 5 nitrogen and oxygen atoms in total. The summed E-state index contributed by atoms with van der Waals surface area (Å²) in [4.78, 5) is 0. The van der Waals surface area contributed by atoms with Gasteiger partial charge < -0.3 is 22.8 Å². The van der Waals surface area contributed by atoms with E-state index in [1.54, 1.807) is 0 Å². The molecule has 0 bridgehead atoms. The molecule has 0 saturated heterocycles. The number of aromatic nitrogens is 5. The number of benzene rings is 11. The summed E-state index contributed by atoms with van der Waals surface area (Å²) in [5, 5.41) is 12.5. The van der Waals surface area contributed by atoms with Crippen LogP contribution in [0.25, 0.3) is 137 Å². The van der Waals surface area contributed by atoms with Gasteiger partial charge in [-0.1, -0.05) is 176 Å². The van der Waals surface area contributed by atoms with Crippen molar-refractivity contribution in [2.45, 2.75) is 12.3 Å². The second-order valence-electron chi connectivity index (χ2n) is 20.8. The van der Waals surface area contributed by atoms with Crippen molar-refractivity contribution in [3.8, 4) is 22.7 Å². The number of hydrogen-bond acceptors (Lipinski definition) is 0. The summed E-state index contributed by atoms with van der Waals surface area (Å²) in [6.07, 6.45) is 8.11. The lowest BCUT2D eigenvalue weighted by Gasteiger charge is -2.19. The molecule has 0 saturated carbocycles. The highest BCUT2D eigenvalue weighted by Gasteiger charge is 2.25. The van der Waals surface area contributed by atoms with Crippen LogP contribution < -0.4 is 0 Å². The molecule has 360 valence electrons. The molecule has 5 heteroatoms. The van der Waals surface area contributed by atoms with E-state index in [0.29, 0.717) is 0 Å². The molecule has 11 aromatic carbocycles. The first-order valence-electron chi connectivity index (χ1n) is 26.8. The topological polar surface area (TPSA) is 24.6 Å². The Morgan fingerprint density at radius 3 is 1.22 bits per heavy atom. The van der Waals surface area contributed by atoms with Crippen LogP contribution in [0.1, 0.15) is 17.9 Å². The quantitative estimate of drug-likeness (QED) is 0.159. The van der Waals surface area contributed by atoms with Gasteiger partial charge in [0, 0.05) is 88.2 Å². The highest BCUT2D eigenvalue weighted by Crippen LogP contribution is 2.45. The predicted molar refractivity (Wildman–Crippen MR) is 324 cm³/mol. The van der Waals surface area contributed by atoms with Gasteiger partial charge in [-0.25, -0.2) is 0 Å². The lowest BCUT2D eigenvalue weighted by molar-refractivity contribution is 0.849. The van der Waals surface area contributed by atoms with Crippen molar-refractivity contribution in [1.82, 2.24) is 22.8 Å². The molecule has 0 aliphatic heterocycles. The SMILES string of the molecule is C1=CC(c2ccc(-n3c4ccccc4c4ccc5c6ccccc6n(-c6cccc(-n7c8ccccc8c8ccccc87)c6)c5c43)cc2)CC=C1n1c2ccccc2c2c1ccc1c3ccccc3n(-c3ccccc3)c12. The van der Waals surface area contributed by atoms with Crippen molar-refractivity contribution in [2.24, 2.45) is 0 Å². The van der Waals surface area contributed by atoms with Crippen molar-refractivity contribution in [3.63, 3.8) is 0 Å². The Morgan fingerprint density at radius 2 is 0.675 bits per heavy atom. The molecule has 17 rings (SSSR count). The Kier molecular flexibility index (Phi) is 8.89. The summed E-state index contributed by atoms with van der Waals surface area (Å²) < 4.78 is 12.4. The van der Waals surface area contributed by atoms with Crippen LogP contribution in [0.5, 0.6) is 0 Å². The molecule has 1 atom stereocenters. The minimum atomic E-state index is 0.238. The number of nitrogens with zero attached hydrogens (tertiary/aromatic N) is 5. The Labute approximate surface area is 442 Å². The highest BCUT2D eigenvalue weighted by molar-refractivity contribution is 6.27. The Bertz CT molecular complexity index is 5130. The van der Waals surface area contributed by atoms with Gasteiger partial charge in [0.1, 0.15) is 0 Å². The summed E-state index contributed by atoms with van der Waals surface area (Å²) in [5.74, 6) is 0.238. The van der Waals surface area contributed by atoms with Gasteiger partial charge in [0.15, 0.2) is 0 Å². The maximum absolute atomic E-state index is 2.51. The van der Waals surface area contributed by atoms with Gasteiger partial charge in [0.25, 0.3) is 0 Å². The van der Waals surface area contributed by atoms with Crippen molar-refractivity contribution >= 4 is 115 Å². The van der Waals surface area contributed by atoms with Gasteiger partial charge in [0.05, 0.1) is 55.2 Å². The fraction of sp³-hybridized carbons (Fsp3) is 0.0278. The molecule has 16 aromatic rings. The molecular weight excluding hydrogens is 935 g/mol. The highest BCUT2D eigenvalue weighted by atomic mass is 15.1. The predicted octanol–water partition coefficient (Wildman–Crippen LogP) is 18.8. The summed E-state index contributed by atoms with van der Waals surface area (Å²) in [6.45, 7) is 0. The molecule has 0 N–H and O–H groups in total. The maximum Gasteiger partial charge on any atom is 0.0788 e. The number of allylic oxidation sites excluding steroid dienone is 4. The lowest BCUT2D eigenvalue weighted by atomic mass is 9.91. The smallest absolute Gasteiger partial charge is 0.0788 e. The van der Waals surface area contributed by atoms with E-state index in [4.69, 9.17) is 0 Å². The summed E-state index contributed by atoms with van der Waals surface area (Å²) in [6, 6.07) is 91.8. The third kappa shape index (κ3) is 5.99. The van der Waals surface area contributed by atoms with Crippen LogP contribution in [0.2, 0.25) is 0 Å². The first-order chi connectivity index (χ1) is 38.2. The van der Waals surface area contributed by atoms with Crippen LogP contribution in [-0.4, -0.2) is 22.8 Å². The average molecular weight is 982 g/mol. The fourth-order valence-electron chi connectivity index (χ4n) is 13.5. The van der Waals surface area contributed by atoms with E-state index in [0.717, 1.165) is 23.5 Å². The monoisotopic (exact) mass is 981 g/mol. The van der Waals surface area contributed by atoms with E-state index in [1.807, 2.05) is 0 Å². The first kappa shape index (κ1) is 42.3. The zero-order valence-electron chi connectivity index (χ0n) is 41.9. The van der Waals surface area contributed by atoms with E-state index >= 15 is 0 Å². The molecule has 0 amide bonds. The van der Waals surface area contributed by atoms with Gasteiger partial charge in [0.2, 0.25) is 0 Å². The van der Waals surface area contributed by atoms with Crippen LogP contribution >= 0.6 is 0 Å². The van der Waals surface area contributed by atoms with Gasteiger partial charge in [-0.3, -0.25) is 0 Å². The summed E-state index contributed by atoms with van der Waals surface area (Å²) in [5.41, 5.74) is 19.1. The zero-order chi connectivity index (χ0) is 50.3. The molecule has 0 fully saturated rings. The molecule has 5 heterocycles. The molecule has 0 radical (unpaired) electrons. The molecular formula is C72H47N5. The Balaban J connectivity index is 0.785. The maximum atomic E-state index is 2.51. The van der Waals surface area contributed by atoms with E-state index in [-0.39, 0.29) is 5.92 Å². The second kappa shape index (κ2) is 16.2. The van der Waals surface area contributed by atoms with Gasteiger partial charge in [-0.2, -0.15) is 0 Å². The molecule has 1 unspecified atom stereocenters. The second-order valence-corrected chi connectivity index (χ2v) is 20.8. The minimum Gasteiger partial charge on any atom is -0.309 e. The largest absolute Gasteiger partial charge is 0.309 e. The summed E-state index contributed by atoms with van der Waals surface area (Å²) in [7, 11) is 0. The number of para-hydroxylation sites is 7. The molecule has 77 heavy (non-hydrogen) atoms. The van der Waals surface area contributed by atoms with Crippen molar-refractivity contribution < 1.29 is 0 Å². The van der Waals surface area contributed by atoms with Gasteiger partial charge >= 0.3 is 0 Å². The molecule has 0 spiro atoms. The van der Waals surface area contributed by atoms with E-state index in [9.17, 15) is 0 Å². The third-order valence-electron chi connectivity index (χ3n) is 16.8. The number of hydrogen-bond donors (Lipinski definition) is 0.